The van der Waals surface area contributed by atoms with Crippen molar-refractivity contribution in [1.29, 1.82) is 0 Å². The van der Waals surface area contributed by atoms with E-state index in [-0.39, 0.29) is 0 Å². The number of ether oxygens (including phenoxy) is 1. The number of rotatable bonds is 8. The zero-order valence-electron chi connectivity index (χ0n) is 11.6. The van der Waals surface area contributed by atoms with Gasteiger partial charge in [0.15, 0.2) is 5.82 Å². The molecule has 2 aromatic heterocycles. The van der Waals surface area contributed by atoms with Crippen LogP contribution in [0.1, 0.15) is 38.4 Å². The molecule has 19 heavy (non-hydrogen) atoms. The van der Waals surface area contributed by atoms with Crippen LogP contribution in [0.3, 0.4) is 0 Å². The fourth-order valence-electron chi connectivity index (χ4n) is 1.95. The van der Waals surface area contributed by atoms with E-state index in [1.165, 1.54) is 19.3 Å². The van der Waals surface area contributed by atoms with Gasteiger partial charge >= 0.3 is 0 Å². The van der Waals surface area contributed by atoms with Crippen molar-refractivity contribution >= 4 is 27.4 Å². The second kappa shape index (κ2) is 7.40. The number of anilines is 1. The summed E-state index contributed by atoms with van der Waals surface area (Å²) in [7, 11) is 1.88. The first-order valence-corrected chi connectivity index (χ1v) is 7.72. The van der Waals surface area contributed by atoms with Crippen molar-refractivity contribution in [2.75, 3.05) is 19.0 Å². The highest BCUT2D eigenvalue weighted by atomic mass is 32.1. The number of unbranched alkanes of at least 4 members (excludes halogenated alkanes) is 3. The average molecular weight is 279 g/mol. The average Bonchev–Trinajstić information content (AvgIpc) is 2.90. The van der Waals surface area contributed by atoms with Gasteiger partial charge in [0.1, 0.15) is 17.3 Å². The predicted molar refractivity (Wildman–Crippen MR) is 80.8 cm³/mol. The van der Waals surface area contributed by atoms with Crippen LogP contribution in [0.4, 0.5) is 5.82 Å². The molecule has 0 unspecified atom stereocenters. The Kier molecular flexibility index (Phi) is 5.54. The van der Waals surface area contributed by atoms with Crippen LogP contribution in [0.5, 0.6) is 0 Å². The fourth-order valence-corrected chi connectivity index (χ4v) is 2.73. The molecule has 1 N–H and O–H groups in total. The maximum atomic E-state index is 5.64. The largest absolute Gasteiger partial charge is 0.373 e. The number of nitrogens with zero attached hydrogens (tertiary/aromatic N) is 2. The van der Waals surface area contributed by atoms with Crippen molar-refractivity contribution in [3.8, 4) is 0 Å². The van der Waals surface area contributed by atoms with Crippen LogP contribution in [0.25, 0.3) is 10.2 Å². The number of aromatic nitrogens is 2. The quantitative estimate of drug-likeness (QED) is 0.746. The minimum Gasteiger partial charge on any atom is -0.373 e. The Morgan fingerprint density at radius 2 is 2.16 bits per heavy atom. The lowest BCUT2D eigenvalue weighted by Gasteiger charge is -2.06. The molecule has 0 aliphatic carbocycles. The molecule has 0 aromatic carbocycles. The summed E-state index contributed by atoms with van der Waals surface area (Å²) in [5.74, 6) is 1.64. The van der Waals surface area contributed by atoms with E-state index >= 15 is 0 Å². The van der Waals surface area contributed by atoms with Crippen LogP contribution in [0.2, 0.25) is 0 Å². The van der Waals surface area contributed by atoms with Crippen LogP contribution in [0, 0.1) is 0 Å². The van der Waals surface area contributed by atoms with E-state index < -0.39 is 0 Å². The lowest BCUT2D eigenvalue weighted by molar-refractivity contribution is 0.112. The molecule has 0 saturated heterocycles. The Labute approximate surface area is 118 Å². The highest BCUT2D eigenvalue weighted by Gasteiger charge is 2.07. The Morgan fingerprint density at radius 3 is 2.95 bits per heavy atom. The van der Waals surface area contributed by atoms with E-state index in [0.717, 1.165) is 34.9 Å². The van der Waals surface area contributed by atoms with Gasteiger partial charge in [0, 0.05) is 13.7 Å². The van der Waals surface area contributed by atoms with E-state index in [0.29, 0.717) is 6.61 Å². The third kappa shape index (κ3) is 3.88. The van der Waals surface area contributed by atoms with Gasteiger partial charge < -0.3 is 10.1 Å². The van der Waals surface area contributed by atoms with E-state index in [4.69, 9.17) is 4.74 Å². The first kappa shape index (κ1) is 14.2. The summed E-state index contributed by atoms with van der Waals surface area (Å²) in [5.41, 5.74) is 0. The second-order valence-electron chi connectivity index (χ2n) is 4.49. The molecule has 0 amide bonds. The van der Waals surface area contributed by atoms with Gasteiger partial charge in [0.2, 0.25) is 0 Å². The van der Waals surface area contributed by atoms with Gasteiger partial charge in [-0.2, -0.15) is 0 Å². The standard InChI is InChI=1S/C14H21N3OS/c1-3-4-5-6-8-18-10-12-16-13(15-2)11-7-9-19-14(11)17-12/h7,9H,3-6,8,10H2,1-2H3,(H,15,16,17). The number of hydrogen-bond acceptors (Lipinski definition) is 5. The molecule has 4 nitrogen and oxygen atoms in total. The van der Waals surface area contributed by atoms with Gasteiger partial charge in [-0.1, -0.05) is 26.2 Å². The Morgan fingerprint density at radius 1 is 1.26 bits per heavy atom. The second-order valence-corrected chi connectivity index (χ2v) is 5.39. The number of nitrogens with one attached hydrogen (secondary N) is 1. The molecular formula is C14H21N3OS. The summed E-state index contributed by atoms with van der Waals surface area (Å²) >= 11 is 1.63. The normalized spacial score (nSPS) is 11.1. The first-order chi connectivity index (χ1) is 9.35. The lowest BCUT2D eigenvalue weighted by atomic mass is 10.2. The lowest BCUT2D eigenvalue weighted by Crippen LogP contribution is -2.03. The molecule has 104 valence electrons. The molecule has 5 heteroatoms. The molecular weight excluding hydrogens is 258 g/mol. The van der Waals surface area contributed by atoms with Crippen molar-refractivity contribution in [3.05, 3.63) is 17.3 Å². The van der Waals surface area contributed by atoms with Crippen molar-refractivity contribution in [2.24, 2.45) is 0 Å². The minimum atomic E-state index is 0.495. The van der Waals surface area contributed by atoms with E-state index in [2.05, 4.69) is 22.2 Å². The molecule has 0 radical (unpaired) electrons. The Hall–Kier alpha value is -1.20. The van der Waals surface area contributed by atoms with Crippen LogP contribution in [0.15, 0.2) is 11.4 Å². The summed E-state index contributed by atoms with van der Waals surface area (Å²) in [4.78, 5) is 10.0. The first-order valence-electron chi connectivity index (χ1n) is 6.84. The zero-order chi connectivity index (χ0) is 13.5. The summed E-state index contributed by atoms with van der Waals surface area (Å²) in [6.07, 6.45) is 4.89. The summed E-state index contributed by atoms with van der Waals surface area (Å²) in [6, 6.07) is 2.04. The predicted octanol–water partition coefficient (Wildman–Crippen LogP) is 3.83. The van der Waals surface area contributed by atoms with Crippen LogP contribution in [-0.4, -0.2) is 23.6 Å². The molecule has 0 spiro atoms. The summed E-state index contributed by atoms with van der Waals surface area (Å²) in [6.45, 7) is 3.50. The summed E-state index contributed by atoms with van der Waals surface area (Å²) < 4.78 is 5.64. The molecule has 0 aliphatic rings. The summed E-state index contributed by atoms with van der Waals surface area (Å²) in [5, 5.41) is 6.23. The molecule has 0 atom stereocenters. The monoisotopic (exact) mass is 279 g/mol. The maximum absolute atomic E-state index is 5.64. The molecule has 2 rings (SSSR count). The van der Waals surface area contributed by atoms with Crippen molar-refractivity contribution < 1.29 is 4.74 Å². The van der Waals surface area contributed by atoms with Gasteiger partial charge in [0.25, 0.3) is 0 Å². The third-order valence-corrected chi connectivity index (χ3v) is 3.79. The van der Waals surface area contributed by atoms with E-state index in [1.807, 2.05) is 18.5 Å². The van der Waals surface area contributed by atoms with Crippen LogP contribution < -0.4 is 5.32 Å². The van der Waals surface area contributed by atoms with Crippen molar-refractivity contribution in [2.45, 2.75) is 39.2 Å². The van der Waals surface area contributed by atoms with Crippen molar-refractivity contribution in [3.63, 3.8) is 0 Å². The fraction of sp³-hybridized carbons (Fsp3) is 0.571. The Bertz CT molecular complexity index is 512. The Balaban J connectivity index is 1.89. The minimum absolute atomic E-state index is 0.495. The topological polar surface area (TPSA) is 47.0 Å². The molecule has 0 saturated carbocycles. The van der Waals surface area contributed by atoms with Gasteiger partial charge in [-0.3, -0.25) is 0 Å². The highest BCUT2D eigenvalue weighted by Crippen LogP contribution is 2.24. The van der Waals surface area contributed by atoms with Gasteiger partial charge in [0.05, 0.1) is 5.39 Å². The number of fused-ring (bicyclic) bond motifs is 1. The SMILES string of the molecule is CCCCCCOCc1nc(NC)c2ccsc2n1. The number of thiophene rings is 1. The smallest absolute Gasteiger partial charge is 0.158 e. The molecule has 0 bridgehead atoms. The van der Waals surface area contributed by atoms with E-state index in [9.17, 15) is 0 Å². The zero-order valence-corrected chi connectivity index (χ0v) is 12.4. The maximum Gasteiger partial charge on any atom is 0.158 e. The van der Waals surface area contributed by atoms with Gasteiger partial charge in [-0.05, 0) is 17.9 Å². The van der Waals surface area contributed by atoms with Crippen molar-refractivity contribution in [1.82, 2.24) is 9.97 Å². The molecule has 2 aromatic rings. The third-order valence-electron chi connectivity index (χ3n) is 2.98. The van der Waals surface area contributed by atoms with Crippen LogP contribution in [-0.2, 0) is 11.3 Å². The van der Waals surface area contributed by atoms with Gasteiger partial charge in [-0.25, -0.2) is 9.97 Å². The van der Waals surface area contributed by atoms with Crippen LogP contribution >= 0.6 is 11.3 Å². The van der Waals surface area contributed by atoms with E-state index in [1.54, 1.807) is 11.3 Å². The number of hydrogen-bond donors (Lipinski definition) is 1. The molecule has 0 aliphatic heterocycles. The highest BCUT2D eigenvalue weighted by molar-refractivity contribution is 7.16. The molecule has 2 heterocycles. The molecule has 0 fully saturated rings. The van der Waals surface area contributed by atoms with Gasteiger partial charge in [-0.15, -0.1) is 11.3 Å².